The van der Waals surface area contributed by atoms with Crippen molar-refractivity contribution in [2.45, 2.75) is 13.3 Å². The molecule has 0 N–H and O–H groups in total. The van der Waals surface area contributed by atoms with Gasteiger partial charge >= 0.3 is 0 Å². The molecule has 0 aliphatic carbocycles. The first-order valence-electron chi connectivity index (χ1n) is 7.06. The van der Waals surface area contributed by atoms with Gasteiger partial charge < -0.3 is 19.4 Å². The SMILES string of the molecule is CCN1CCN(C(=O)CC(=O)N2CCOCC2)CC1. The van der Waals surface area contributed by atoms with Gasteiger partial charge in [0, 0.05) is 39.3 Å². The Morgan fingerprint density at radius 2 is 1.42 bits per heavy atom. The lowest BCUT2D eigenvalue weighted by Gasteiger charge is -2.34. The Labute approximate surface area is 114 Å². The lowest BCUT2D eigenvalue weighted by molar-refractivity contribution is -0.143. The third-order valence-corrected chi connectivity index (χ3v) is 3.84. The molecule has 0 spiro atoms. The summed E-state index contributed by atoms with van der Waals surface area (Å²) in [6.45, 7) is 8.82. The van der Waals surface area contributed by atoms with Gasteiger partial charge in [0.05, 0.1) is 13.2 Å². The summed E-state index contributed by atoms with van der Waals surface area (Å²) in [5.41, 5.74) is 0. The molecular formula is C13H23N3O3. The van der Waals surface area contributed by atoms with Gasteiger partial charge in [-0.25, -0.2) is 0 Å². The minimum absolute atomic E-state index is 0.00608. The van der Waals surface area contributed by atoms with Gasteiger partial charge in [-0.05, 0) is 6.54 Å². The van der Waals surface area contributed by atoms with Crippen LogP contribution in [0.5, 0.6) is 0 Å². The lowest BCUT2D eigenvalue weighted by Crippen LogP contribution is -2.50. The van der Waals surface area contributed by atoms with Crippen LogP contribution in [-0.2, 0) is 14.3 Å². The van der Waals surface area contributed by atoms with E-state index < -0.39 is 0 Å². The molecule has 0 atom stereocenters. The van der Waals surface area contributed by atoms with Gasteiger partial charge in [-0.2, -0.15) is 0 Å². The first-order chi connectivity index (χ1) is 9.20. The normalized spacial score (nSPS) is 21.5. The zero-order chi connectivity index (χ0) is 13.7. The van der Waals surface area contributed by atoms with Gasteiger partial charge in [0.1, 0.15) is 6.42 Å². The summed E-state index contributed by atoms with van der Waals surface area (Å²) in [5.74, 6) is -0.0986. The predicted octanol–water partition coefficient (Wildman–Crippen LogP) is -0.601. The number of carbonyl (C=O) groups is 2. The number of morpholine rings is 1. The fraction of sp³-hybridized carbons (Fsp3) is 0.846. The zero-order valence-corrected chi connectivity index (χ0v) is 11.6. The van der Waals surface area contributed by atoms with Crippen LogP contribution in [0, 0.1) is 0 Å². The Morgan fingerprint density at radius 1 is 0.895 bits per heavy atom. The highest BCUT2D eigenvalue weighted by atomic mass is 16.5. The third-order valence-electron chi connectivity index (χ3n) is 3.84. The van der Waals surface area contributed by atoms with E-state index in [1.807, 2.05) is 4.90 Å². The molecule has 2 saturated heterocycles. The number of hydrogen-bond acceptors (Lipinski definition) is 4. The third kappa shape index (κ3) is 3.91. The average molecular weight is 269 g/mol. The van der Waals surface area contributed by atoms with Crippen molar-refractivity contribution in [3.63, 3.8) is 0 Å². The molecule has 2 rings (SSSR count). The van der Waals surface area contributed by atoms with E-state index in [2.05, 4.69) is 11.8 Å². The fourth-order valence-corrected chi connectivity index (χ4v) is 2.48. The fourth-order valence-electron chi connectivity index (χ4n) is 2.48. The number of likely N-dealkylation sites (N-methyl/N-ethyl adjacent to an activating group) is 1. The maximum Gasteiger partial charge on any atom is 0.232 e. The molecule has 2 heterocycles. The molecule has 6 nitrogen and oxygen atoms in total. The molecule has 6 heteroatoms. The predicted molar refractivity (Wildman–Crippen MR) is 70.7 cm³/mol. The standard InChI is InChI=1S/C13H23N3O3/c1-2-14-3-5-15(6-4-14)12(17)11-13(18)16-7-9-19-10-8-16/h2-11H2,1H3. The molecule has 2 aliphatic rings. The van der Waals surface area contributed by atoms with Crippen LogP contribution in [-0.4, -0.2) is 85.5 Å². The summed E-state index contributed by atoms with van der Waals surface area (Å²) in [4.78, 5) is 29.9. The molecule has 0 saturated carbocycles. The average Bonchev–Trinajstić information content (AvgIpc) is 2.48. The highest BCUT2D eigenvalue weighted by Gasteiger charge is 2.25. The van der Waals surface area contributed by atoms with Gasteiger partial charge in [-0.3, -0.25) is 9.59 Å². The lowest BCUT2D eigenvalue weighted by atomic mass is 10.2. The minimum Gasteiger partial charge on any atom is -0.378 e. The summed E-state index contributed by atoms with van der Waals surface area (Å²) >= 11 is 0. The van der Waals surface area contributed by atoms with Crippen LogP contribution in [0.4, 0.5) is 0 Å². The number of rotatable bonds is 3. The Kier molecular flexibility index (Phi) is 5.15. The van der Waals surface area contributed by atoms with E-state index in [4.69, 9.17) is 4.74 Å². The van der Waals surface area contributed by atoms with Crippen molar-refractivity contribution in [1.29, 1.82) is 0 Å². The van der Waals surface area contributed by atoms with E-state index in [9.17, 15) is 9.59 Å². The van der Waals surface area contributed by atoms with Crippen LogP contribution in [0.15, 0.2) is 0 Å². The Balaban J connectivity index is 1.76. The molecule has 0 aromatic rings. The van der Waals surface area contributed by atoms with Crippen LogP contribution in [0.3, 0.4) is 0 Å². The maximum absolute atomic E-state index is 12.1. The molecule has 0 bridgehead atoms. The molecule has 2 fully saturated rings. The second-order valence-corrected chi connectivity index (χ2v) is 4.98. The first kappa shape index (κ1) is 14.3. The highest BCUT2D eigenvalue weighted by molar-refractivity contribution is 5.97. The monoisotopic (exact) mass is 269 g/mol. The van der Waals surface area contributed by atoms with Crippen LogP contribution < -0.4 is 0 Å². The molecule has 0 aromatic heterocycles. The number of piperazine rings is 1. The molecule has 2 amide bonds. The summed E-state index contributed by atoms with van der Waals surface area (Å²) in [6, 6.07) is 0. The second-order valence-electron chi connectivity index (χ2n) is 4.98. The summed E-state index contributed by atoms with van der Waals surface area (Å²) < 4.78 is 5.20. The number of hydrogen-bond donors (Lipinski definition) is 0. The maximum atomic E-state index is 12.1. The Morgan fingerprint density at radius 3 is 1.95 bits per heavy atom. The smallest absolute Gasteiger partial charge is 0.232 e. The summed E-state index contributed by atoms with van der Waals surface area (Å²) in [6.07, 6.45) is 0.00608. The molecular weight excluding hydrogens is 246 g/mol. The molecule has 108 valence electrons. The zero-order valence-electron chi connectivity index (χ0n) is 11.6. The van der Waals surface area contributed by atoms with Gasteiger partial charge in [0.15, 0.2) is 0 Å². The van der Waals surface area contributed by atoms with Crippen LogP contribution in [0.1, 0.15) is 13.3 Å². The number of amides is 2. The first-order valence-corrected chi connectivity index (χ1v) is 7.06. The van der Waals surface area contributed by atoms with E-state index in [0.29, 0.717) is 26.3 Å². The number of nitrogens with zero attached hydrogens (tertiary/aromatic N) is 3. The van der Waals surface area contributed by atoms with Gasteiger partial charge in [0.2, 0.25) is 11.8 Å². The number of carbonyl (C=O) groups excluding carboxylic acids is 2. The van der Waals surface area contributed by atoms with E-state index in [-0.39, 0.29) is 18.2 Å². The van der Waals surface area contributed by atoms with Gasteiger partial charge in [0.25, 0.3) is 0 Å². The van der Waals surface area contributed by atoms with Crippen molar-refractivity contribution in [2.75, 3.05) is 59.0 Å². The highest BCUT2D eigenvalue weighted by Crippen LogP contribution is 2.06. The van der Waals surface area contributed by atoms with Crippen molar-refractivity contribution in [3.05, 3.63) is 0 Å². The Hall–Kier alpha value is -1.14. The van der Waals surface area contributed by atoms with Gasteiger partial charge in [-0.15, -0.1) is 0 Å². The van der Waals surface area contributed by atoms with E-state index in [0.717, 1.165) is 32.7 Å². The van der Waals surface area contributed by atoms with Crippen LogP contribution in [0.2, 0.25) is 0 Å². The molecule has 2 aliphatic heterocycles. The van der Waals surface area contributed by atoms with Crippen LogP contribution >= 0.6 is 0 Å². The summed E-state index contributed by atoms with van der Waals surface area (Å²) in [7, 11) is 0. The largest absolute Gasteiger partial charge is 0.378 e. The number of ether oxygens (including phenoxy) is 1. The Bertz CT molecular complexity index is 321. The van der Waals surface area contributed by atoms with E-state index >= 15 is 0 Å². The van der Waals surface area contributed by atoms with E-state index in [1.54, 1.807) is 4.90 Å². The van der Waals surface area contributed by atoms with Gasteiger partial charge in [-0.1, -0.05) is 6.92 Å². The van der Waals surface area contributed by atoms with Crippen molar-refractivity contribution >= 4 is 11.8 Å². The molecule has 0 aromatic carbocycles. The molecule has 0 unspecified atom stereocenters. The van der Waals surface area contributed by atoms with Crippen molar-refractivity contribution in [3.8, 4) is 0 Å². The van der Waals surface area contributed by atoms with Crippen LogP contribution in [0.25, 0.3) is 0 Å². The van der Waals surface area contributed by atoms with Crippen molar-refractivity contribution in [1.82, 2.24) is 14.7 Å². The summed E-state index contributed by atoms with van der Waals surface area (Å²) in [5, 5.41) is 0. The van der Waals surface area contributed by atoms with Crippen molar-refractivity contribution < 1.29 is 14.3 Å². The molecule has 0 radical (unpaired) electrons. The van der Waals surface area contributed by atoms with Crippen molar-refractivity contribution in [2.24, 2.45) is 0 Å². The minimum atomic E-state index is -0.0637. The molecule has 19 heavy (non-hydrogen) atoms. The topological polar surface area (TPSA) is 53.1 Å². The quantitative estimate of drug-likeness (QED) is 0.642. The second kappa shape index (κ2) is 6.86. The van der Waals surface area contributed by atoms with E-state index in [1.165, 1.54) is 0 Å².